The fourth-order valence-electron chi connectivity index (χ4n) is 1.81. The smallest absolute Gasteiger partial charge is 0.101 e. The highest BCUT2D eigenvalue weighted by atomic mass is 35.5. The van der Waals surface area contributed by atoms with Crippen molar-refractivity contribution < 1.29 is 0 Å². The van der Waals surface area contributed by atoms with Crippen LogP contribution in [-0.2, 0) is 0 Å². The van der Waals surface area contributed by atoms with Crippen LogP contribution in [0, 0.1) is 0 Å². The highest BCUT2D eigenvalue weighted by Crippen LogP contribution is 2.33. The molecule has 19 heavy (non-hydrogen) atoms. The lowest BCUT2D eigenvalue weighted by molar-refractivity contribution is 0.598. The van der Waals surface area contributed by atoms with Crippen LogP contribution in [0.25, 0.3) is 0 Å². The summed E-state index contributed by atoms with van der Waals surface area (Å²) in [6.07, 6.45) is 1.79. The highest BCUT2D eigenvalue weighted by molar-refractivity contribution is 7.99. The molecule has 0 saturated heterocycles. The number of rotatable bonds is 5. The van der Waals surface area contributed by atoms with Crippen LogP contribution < -0.4 is 5.32 Å². The molecular weight excluding hydrogens is 276 g/mol. The number of hydrogen-bond acceptors (Lipinski definition) is 3. The zero-order chi connectivity index (χ0) is 13.7. The van der Waals surface area contributed by atoms with Crippen molar-refractivity contribution in [3.05, 3.63) is 53.2 Å². The van der Waals surface area contributed by atoms with E-state index in [1.54, 1.807) is 18.0 Å². The molecule has 0 aliphatic rings. The molecular formula is C15H17ClN2S. The maximum atomic E-state index is 6.35. The van der Waals surface area contributed by atoms with Crippen LogP contribution in [-0.4, -0.2) is 11.5 Å². The molecule has 2 aromatic rings. The lowest BCUT2D eigenvalue weighted by Gasteiger charge is -2.14. The van der Waals surface area contributed by atoms with Gasteiger partial charge in [0.15, 0.2) is 0 Å². The van der Waals surface area contributed by atoms with Crippen LogP contribution in [0.5, 0.6) is 0 Å². The van der Waals surface area contributed by atoms with E-state index in [9.17, 15) is 0 Å². The molecule has 1 aromatic carbocycles. The molecule has 0 spiro atoms. The molecule has 0 radical (unpaired) electrons. The molecule has 1 aromatic heterocycles. The molecule has 1 atom stereocenters. The Morgan fingerprint density at radius 3 is 2.79 bits per heavy atom. The van der Waals surface area contributed by atoms with E-state index < -0.39 is 0 Å². The molecule has 0 aliphatic heterocycles. The Bertz CT molecular complexity index is 531. The minimum Gasteiger partial charge on any atom is -0.310 e. The largest absolute Gasteiger partial charge is 0.310 e. The van der Waals surface area contributed by atoms with Crippen molar-refractivity contribution >= 4 is 23.4 Å². The van der Waals surface area contributed by atoms with E-state index in [0.29, 0.717) is 6.04 Å². The number of nitrogens with one attached hydrogen (secondary N) is 1. The summed E-state index contributed by atoms with van der Waals surface area (Å²) < 4.78 is 0. The zero-order valence-corrected chi connectivity index (χ0v) is 12.6. The molecule has 2 nitrogen and oxygen atoms in total. The minimum absolute atomic E-state index is 0.316. The Labute approximate surface area is 123 Å². The molecule has 2 rings (SSSR count). The van der Waals surface area contributed by atoms with Gasteiger partial charge in [-0.05, 0) is 43.3 Å². The molecule has 0 bridgehead atoms. The maximum Gasteiger partial charge on any atom is 0.101 e. The van der Waals surface area contributed by atoms with Crippen LogP contribution in [0.1, 0.15) is 25.5 Å². The van der Waals surface area contributed by atoms with Gasteiger partial charge in [0.25, 0.3) is 0 Å². The van der Waals surface area contributed by atoms with E-state index in [1.807, 2.05) is 24.3 Å². The second-order valence-corrected chi connectivity index (χ2v) is 5.71. The fourth-order valence-corrected chi connectivity index (χ4v) is 2.90. The third kappa shape index (κ3) is 3.96. The molecule has 100 valence electrons. The Kier molecular flexibility index (Phi) is 5.25. The number of nitrogens with zero attached hydrogens (tertiary/aromatic N) is 1. The summed E-state index contributed by atoms with van der Waals surface area (Å²) in [6, 6.07) is 12.4. The van der Waals surface area contributed by atoms with Gasteiger partial charge in [-0.2, -0.15) is 0 Å². The normalized spacial score (nSPS) is 12.4. The first-order valence-corrected chi connectivity index (χ1v) is 7.52. The monoisotopic (exact) mass is 292 g/mol. The summed E-state index contributed by atoms with van der Waals surface area (Å²) in [5.41, 5.74) is 1.21. The zero-order valence-electron chi connectivity index (χ0n) is 11.1. The van der Waals surface area contributed by atoms with E-state index >= 15 is 0 Å². The van der Waals surface area contributed by atoms with E-state index in [4.69, 9.17) is 11.6 Å². The number of hydrogen-bond donors (Lipinski definition) is 1. The van der Waals surface area contributed by atoms with Gasteiger partial charge >= 0.3 is 0 Å². The van der Waals surface area contributed by atoms with Gasteiger partial charge in [0.1, 0.15) is 5.03 Å². The van der Waals surface area contributed by atoms with E-state index in [0.717, 1.165) is 21.5 Å². The second-order valence-electron chi connectivity index (χ2n) is 4.24. The first kappa shape index (κ1) is 14.4. The van der Waals surface area contributed by atoms with Crippen LogP contribution in [0.3, 0.4) is 0 Å². The lowest BCUT2D eigenvalue weighted by Crippen LogP contribution is -2.17. The van der Waals surface area contributed by atoms with Crippen molar-refractivity contribution in [3.63, 3.8) is 0 Å². The average Bonchev–Trinajstić information content (AvgIpc) is 2.42. The number of benzene rings is 1. The van der Waals surface area contributed by atoms with Gasteiger partial charge < -0.3 is 5.32 Å². The van der Waals surface area contributed by atoms with E-state index in [2.05, 4.69) is 36.3 Å². The Morgan fingerprint density at radius 2 is 2.16 bits per heavy atom. The van der Waals surface area contributed by atoms with Crippen molar-refractivity contribution in [1.29, 1.82) is 0 Å². The minimum atomic E-state index is 0.316. The summed E-state index contributed by atoms with van der Waals surface area (Å²) in [6.45, 7) is 5.19. The van der Waals surface area contributed by atoms with Gasteiger partial charge in [-0.3, -0.25) is 0 Å². The molecule has 0 aliphatic carbocycles. The molecule has 1 N–H and O–H groups in total. The maximum absolute atomic E-state index is 6.35. The predicted octanol–water partition coefficient (Wildman–Crippen LogP) is 4.56. The third-order valence-electron chi connectivity index (χ3n) is 2.82. The van der Waals surface area contributed by atoms with Gasteiger partial charge in [0.2, 0.25) is 0 Å². The first-order chi connectivity index (χ1) is 9.20. The standard InChI is InChI=1S/C15H17ClN2S/c1-3-17-11(2)12-7-8-14(13(16)10-12)19-15-6-4-5-9-18-15/h4-11,17H,3H2,1-2H3. The van der Waals surface area contributed by atoms with Gasteiger partial charge in [-0.1, -0.05) is 42.4 Å². The average molecular weight is 293 g/mol. The number of halogens is 1. The molecule has 1 unspecified atom stereocenters. The van der Waals surface area contributed by atoms with Crippen LogP contribution in [0.4, 0.5) is 0 Å². The summed E-state index contributed by atoms with van der Waals surface area (Å²) in [4.78, 5) is 5.33. The number of aromatic nitrogens is 1. The first-order valence-electron chi connectivity index (χ1n) is 6.32. The summed E-state index contributed by atoms with van der Waals surface area (Å²) in [7, 11) is 0. The van der Waals surface area contributed by atoms with Crippen LogP contribution in [0.15, 0.2) is 52.5 Å². The van der Waals surface area contributed by atoms with Crippen LogP contribution in [0.2, 0.25) is 5.02 Å². The van der Waals surface area contributed by atoms with Crippen LogP contribution >= 0.6 is 23.4 Å². The quantitative estimate of drug-likeness (QED) is 0.874. The lowest BCUT2D eigenvalue weighted by atomic mass is 10.1. The fraction of sp³-hybridized carbons (Fsp3) is 0.267. The van der Waals surface area contributed by atoms with E-state index in [1.165, 1.54) is 5.56 Å². The highest BCUT2D eigenvalue weighted by Gasteiger charge is 2.08. The van der Waals surface area contributed by atoms with Crippen molar-refractivity contribution in [3.8, 4) is 0 Å². The van der Waals surface area contributed by atoms with Crippen molar-refractivity contribution in [2.45, 2.75) is 29.8 Å². The van der Waals surface area contributed by atoms with Crippen molar-refractivity contribution in [2.75, 3.05) is 6.54 Å². The van der Waals surface area contributed by atoms with Gasteiger partial charge in [-0.25, -0.2) is 4.98 Å². The summed E-state index contributed by atoms with van der Waals surface area (Å²) in [5.74, 6) is 0. The van der Waals surface area contributed by atoms with Gasteiger partial charge in [0.05, 0.1) is 5.02 Å². The van der Waals surface area contributed by atoms with Crippen molar-refractivity contribution in [1.82, 2.24) is 10.3 Å². The van der Waals surface area contributed by atoms with Gasteiger partial charge in [-0.15, -0.1) is 0 Å². The summed E-state index contributed by atoms with van der Waals surface area (Å²) >= 11 is 7.93. The van der Waals surface area contributed by atoms with E-state index in [-0.39, 0.29) is 0 Å². The second kappa shape index (κ2) is 6.94. The Hall–Kier alpha value is -1.03. The molecule has 0 saturated carbocycles. The van der Waals surface area contributed by atoms with Gasteiger partial charge in [0, 0.05) is 17.1 Å². The molecule has 0 amide bonds. The third-order valence-corrected chi connectivity index (χ3v) is 4.27. The molecule has 1 heterocycles. The topological polar surface area (TPSA) is 24.9 Å². The predicted molar refractivity (Wildman–Crippen MR) is 81.9 cm³/mol. The number of pyridine rings is 1. The molecule has 0 fully saturated rings. The Balaban J connectivity index is 2.15. The summed E-state index contributed by atoms with van der Waals surface area (Å²) in [5, 5.41) is 5.11. The Morgan fingerprint density at radius 1 is 1.32 bits per heavy atom. The molecule has 4 heteroatoms. The van der Waals surface area contributed by atoms with Crippen molar-refractivity contribution in [2.24, 2.45) is 0 Å². The SMILES string of the molecule is CCNC(C)c1ccc(Sc2ccccn2)c(Cl)c1.